The fourth-order valence-electron chi connectivity index (χ4n) is 9.72. The fourth-order valence-corrected chi connectivity index (χ4v) is 9.72. The molecule has 0 N–H and O–H groups in total. The van der Waals surface area contributed by atoms with Gasteiger partial charge in [0.25, 0.3) is 0 Å². The molecule has 2 aliphatic carbocycles. The van der Waals surface area contributed by atoms with Crippen LogP contribution in [-0.4, -0.2) is 0 Å². The van der Waals surface area contributed by atoms with E-state index in [4.69, 9.17) is 0 Å². The average molecular weight is 722 g/mol. The van der Waals surface area contributed by atoms with Gasteiger partial charge >= 0.3 is 0 Å². The lowest BCUT2D eigenvalue weighted by Gasteiger charge is -2.28. The summed E-state index contributed by atoms with van der Waals surface area (Å²) in [7, 11) is 0. The number of hydrogen-bond acceptors (Lipinski definition) is 1. The van der Waals surface area contributed by atoms with Gasteiger partial charge in [-0.25, -0.2) is 0 Å². The van der Waals surface area contributed by atoms with Crippen LogP contribution in [0, 0.1) is 0 Å². The smallest absolute Gasteiger partial charge is 0.0467 e. The molecule has 10 rings (SSSR count). The van der Waals surface area contributed by atoms with E-state index in [1.807, 2.05) is 0 Å². The fraction of sp³-hybridized carbons (Fsp3) is 0.164. The van der Waals surface area contributed by atoms with Gasteiger partial charge in [0.2, 0.25) is 0 Å². The monoisotopic (exact) mass is 721 g/mol. The van der Waals surface area contributed by atoms with E-state index in [0.29, 0.717) is 5.92 Å². The van der Waals surface area contributed by atoms with Crippen molar-refractivity contribution in [1.82, 2.24) is 0 Å². The van der Waals surface area contributed by atoms with Crippen LogP contribution in [0.2, 0.25) is 0 Å². The van der Waals surface area contributed by atoms with E-state index in [1.54, 1.807) is 0 Å². The average Bonchev–Trinajstić information content (AvgIpc) is 3.49. The maximum atomic E-state index is 2.45. The number of nitrogens with zero attached hydrogens (tertiary/aromatic N) is 1. The molecule has 2 aliphatic rings. The summed E-state index contributed by atoms with van der Waals surface area (Å²) in [5, 5.41) is 2.52. The lowest BCUT2D eigenvalue weighted by Crippen LogP contribution is -2.16. The molecular weight excluding hydrogens is 675 g/mol. The van der Waals surface area contributed by atoms with E-state index in [9.17, 15) is 0 Å². The Hall–Kier alpha value is -6.18. The first-order valence-corrected chi connectivity index (χ1v) is 20.5. The number of hydrogen-bond donors (Lipinski definition) is 0. The largest absolute Gasteiger partial charge is 0.310 e. The Labute approximate surface area is 331 Å². The summed E-state index contributed by atoms with van der Waals surface area (Å²) in [6.45, 7) is 4.73. The third-order valence-corrected chi connectivity index (χ3v) is 12.7. The minimum atomic E-state index is -0.0973. The van der Waals surface area contributed by atoms with Crippen molar-refractivity contribution in [2.45, 2.75) is 57.3 Å². The maximum Gasteiger partial charge on any atom is 0.0467 e. The lowest BCUT2D eigenvalue weighted by atomic mass is 9.82. The molecule has 0 aliphatic heterocycles. The summed E-state index contributed by atoms with van der Waals surface area (Å²) in [4.78, 5) is 2.45. The quantitative estimate of drug-likeness (QED) is 0.158. The van der Waals surface area contributed by atoms with E-state index in [2.05, 4.69) is 201 Å². The van der Waals surface area contributed by atoms with Crippen LogP contribution in [0.5, 0.6) is 0 Å². The van der Waals surface area contributed by atoms with Crippen LogP contribution in [-0.2, 0) is 5.41 Å². The van der Waals surface area contributed by atoms with Gasteiger partial charge in [-0.3, -0.25) is 0 Å². The first-order valence-electron chi connectivity index (χ1n) is 20.5. The molecule has 0 atom stereocenters. The van der Waals surface area contributed by atoms with Crippen LogP contribution < -0.4 is 4.90 Å². The topological polar surface area (TPSA) is 3.24 Å². The second-order valence-corrected chi connectivity index (χ2v) is 16.4. The van der Waals surface area contributed by atoms with Crippen molar-refractivity contribution in [2.75, 3.05) is 4.90 Å². The first-order chi connectivity index (χ1) is 27.5. The molecule has 8 aromatic rings. The molecule has 0 radical (unpaired) electrons. The maximum absolute atomic E-state index is 2.45. The Bertz CT molecular complexity index is 2670. The zero-order valence-electron chi connectivity index (χ0n) is 32.4. The molecule has 0 saturated heterocycles. The molecule has 272 valence electrons. The standard InChI is InChI=1S/C55H47N/c1-55(2)52-25-10-9-22-50(52)51-35-34-47(37-53(51)55)56(45-32-30-41(31-33-45)40-28-26-39(27-29-40)38-14-5-3-6-15-38)46-21-11-20-44(36-46)49-24-13-19-43-18-12-23-48(54(43)49)42-16-7-4-8-17-42/h4,7-13,16-38H,3,5-6,14-15H2,1-2H3. The number of fused-ring (bicyclic) bond motifs is 4. The van der Waals surface area contributed by atoms with Gasteiger partial charge in [-0.1, -0.05) is 179 Å². The summed E-state index contributed by atoms with van der Waals surface area (Å²) in [5.74, 6) is 0.716. The van der Waals surface area contributed by atoms with Gasteiger partial charge < -0.3 is 4.90 Å². The van der Waals surface area contributed by atoms with Gasteiger partial charge in [0, 0.05) is 22.5 Å². The Balaban J connectivity index is 1.08. The Morgan fingerprint density at radius 3 is 1.73 bits per heavy atom. The highest BCUT2D eigenvalue weighted by molar-refractivity contribution is 6.06. The Morgan fingerprint density at radius 2 is 0.982 bits per heavy atom. The third kappa shape index (κ3) is 6.03. The van der Waals surface area contributed by atoms with Crippen molar-refractivity contribution < 1.29 is 0 Å². The third-order valence-electron chi connectivity index (χ3n) is 12.7. The van der Waals surface area contributed by atoms with E-state index in [1.165, 1.54) is 104 Å². The number of anilines is 3. The van der Waals surface area contributed by atoms with Crippen LogP contribution in [0.15, 0.2) is 182 Å². The summed E-state index contributed by atoms with van der Waals surface area (Å²) in [5.41, 5.74) is 17.7. The van der Waals surface area contributed by atoms with Crippen LogP contribution >= 0.6 is 0 Å². The molecule has 0 bridgehead atoms. The van der Waals surface area contributed by atoms with Gasteiger partial charge in [0.1, 0.15) is 0 Å². The predicted octanol–water partition coefficient (Wildman–Crippen LogP) is 15.7. The van der Waals surface area contributed by atoms with Crippen molar-refractivity contribution in [3.8, 4) is 44.5 Å². The molecule has 0 amide bonds. The number of rotatable bonds is 7. The van der Waals surface area contributed by atoms with Crippen LogP contribution in [0.1, 0.15) is 68.6 Å². The Morgan fingerprint density at radius 1 is 0.411 bits per heavy atom. The second-order valence-electron chi connectivity index (χ2n) is 16.4. The summed E-state index contributed by atoms with van der Waals surface area (Å²) < 4.78 is 0. The molecule has 1 fully saturated rings. The molecule has 0 unspecified atom stereocenters. The van der Waals surface area contributed by atoms with Crippen molar-refractivity contribution in [3.05, 3.63) is 199 Å². The first kappa shape index (κ1) is 34.3. The minimum absolute atomic E-state index is 0.0973. The van der Waals surface area contributed by atoms with Crippen molar-refractivity contribution in [1.29, 1.82) is 0 Å². The molecule has 1 nitrogen and oxygen atoms in total. The second kappa shape index (κ2) is 14.2. The van der Waals surface area contributed by atoms with E-state index < -0.39 is 0 Å². The molecule has 0 aromatic heterocycles. The normalized spacial score (nSPS) is 14.7. The minimum Gasteiger partial charge on any atom is -0.310 e. The van der Waals surface area contributed by atoms with E-state index >= 15 is 0 Å². The molecule has 0 heterocycles. The Kier molecular flexibility index (Phi) is 8.67. The molecule has 56 heavy (non-hydrogen) atoms. The highest BCUT2D eigenvalue weighted by Gasteiger charge is 2.35. The van der Waals surface area contributed by atoms with Gasteiger partial charge in [-0.15, -0.1) is 0 Å². The highest BCUT2D eigenvalue weighted by Crippen LogP contribution is 2.51. The zero-order chi connectivity index (χ0) is 37.6. The van der Waals surface area contributed by atoms with Gasteiger partial charge in [0.05, 0.1) is 0 Å². The lowest BCUT2D eigenvalue weighted by molar-refractivity contribution is 0.443. The zero-order valence-corrected chi connectivity index (χ0v) is 32.4. The van der Waals surface area contributed by atoms with Gasteiger partial charge in [-0.05, 0) is 127 Å². The van der Waals surface area contributed by atoms with Crippen LogP contribution in [0.3, 0.4) is 0 Å². The highest BCUT2D eigenvalue weighted by atomic mass is 15.1. The van der Waals surface area contributed by atoms with Crippen LogP contribution in [0.4, 0.5) is 17.1 Å². The van der Waals surface area contributed by atoms with Crippen molar-refractivity contribution in [2.24, 2.45) is 0 Å². The molecule has 1 heteroatoms. The van der Waals surface area contributed by atoms with Crippen molar-refractivity contribution in [3.63, 3.8) is 0 Å². The molecule has 8 aromatic carbocycles. The SMILES string of the molecule is CC1(C)c2ccccc2-c2ccc(N(c3ccc(-c4ccc(C5CCCCC5)cc4)cc3)c3cccc(-c4cccc5cccc(-c6ccccc6)c45)c3)cc21. The summed E-state index contributed by atoms with van der Waals surface area (Å²) in [6, 6.07) is 67.9. The predicted molar refractivity (Wildman–Crippen MR) is 238 cm³/mol. The molecular formula is C55H47N. The summed E-state index contributed by atoms with van der Waals surface area (Å²) >= 11 is 0. The number of benzene rings is 8. The van der Waals surface area contributed by atoms with Gasteiger partial charge in [0.15, 0.2) is 0 Å². The van der Waals surface area contributed by atoms with Crippen molar-refractivity contribution >= 4 is 27.8 Å². The van der Waals surface area contributed by atoms with Gasteiger partial charge in [-0.2, -0.15) is 0 Å². The van der Waals surface area contributed by atoms with Crippen LogP contribution in [0.25, 0.3) is 55.3 Å². The van der Waals surface area contributed by atoms with E-state index in [-0.39, 0.29) is 5.41 Å². The van der Waals surface area contributed by atoms with E-state index in [0.717, 1.165) is 17.1 Å². The molecule has 1 saturated carbocycles. The molecule has 0 spiro atoms. The summed E-state index contributed by atoms with van der Waals surface area (Å²) in [6.07, 6.45) is 6.76.